The molecule has 2 N–H and O–H groups in total. The highest BCUT2D eigenvalue weighted by Crippen LogP contribution is 2.38. The van der Waals surface area contributed by atoms with Crippen molar-refractivity contribution in [2.24, 2.45) is 0 Å². The number of ether oxygens (including phenoxy) is 1. The molecule has 5 nitrogen and oxygen atoms in total. The van der Waals surface area contributed by atoms with E-state index in [1.165, 1.54) is 12.1 Å². The third-order valence-electron chi connectivity index (χ3n) is 5.10. The van der Waals surface area contributed by atoms with Crippen molar-refractivity contribution in [2.45, 2.75) is 44.3 Å². The summed E-state index contributed by atoms with van der Waals surface area (Å²) in [5.74, 6) is 0.0920. The third kappa shape index (κ3) is 4.50. The molecule has 1 aromatic carbocycles. The molecule has 1 saturated carbocycles. The van der Waals surface area contributed by atoms with E-state index in [0.717, 1.165) is 18.4 Å². The first-order valence-corrected chi connectivity index (χ1v) is 9.78. The molecular weight excluding hydrogens is 402 g/mol. The van der Waals surface area contributed by atoms with Crippen LogP contribution in [-0.4, -0.2) is 23.5 Å². The van der Waals surface area contributed by atoms with Crippen molar-refractivity contribution in [1.82, 2.24) is 10.3 Å². The van der Waals surface area contributed by atoms with Gasteiger partial charge < -0.3 is 15.0 Å². The van der Waals surface area contributed by atoms with Gasteiger partial charge in [0.1, 0.15) is 5.75 Å². The van der Waals surface area contributed by atoms with Crippen LogP contribution in [0, 0.1) is 0 Å². The average Bonchev–Trinajstić information content (AvgIpc) is 3.43. The van der Waals surface area contributed by atoms with E-state index in [1.807, 2.05) is 6.08 Å². The highest BCUT2D eigenvalue weighted by atomic mass is 35.5. The number of aromatic amines is 1. The molecule has 2 heterocycles. The first kappa shape index (κ1) is 19.6. The number of hydrogen-bond acceptors (Lipinski definition) is 3. The second-order valence-corrected chi connectivity index (χ2v) is 7.65. The third-order valence-corrected chi connectivity index (χ3v) is 5.41. The zero-order valence-electron chi connectivity index (χ0n) is 15.4. The van der Waals surface area contributed by atoms with Crippen molar-refractivity contribution in [3.8, 4) is 5.75 Å². The van der Waals surface area contributed by atoms with Crippen LogP contribution in [0.3, 0.4) is 0 Å². The lowest BCUT2D eigenvalue weighted by molar-refractivity contribution is -0.119. The van der Waals surface area contributed by atoms with Gasteiger partial charge in [-0.25, -0.2) is 0 Å². The standard InChI is InChI=1S/C21H19ClF2N2O3/c22-16-6-3-12(9-18(16)29-21(23)24)15(10-13-4-8-19(27)25-13)17-7-5-14(11-1-2-11)20(28)26-17/h3,5-7,9-11,13,21H,1-2,4,8H2,(H,25,27)(H,26,28)/b15-10-/t13-/m1/s1. The number of pyridine rings is 1. The Kier molecular flexibility index (Phi) is 5.41. The summed E-state index contributed by atoms with van der Waals surface area (Å²) in [6, 6.07) is 7.92. The second kappa shape index (κ2) is 7.99. The van der Waals surface area contributed by atoms with E-state index in [2.05, 4.69) is 15.0 Å². The number of hydrogen-bond donors (Lipinski definition) is 2. The topological polar surface area (TPSA) is 71.2 Å². The van der Waals surface area contributed by atoms with Gasteiger partial charge in [0, 0.05) is 29.3 Å². The first-order chi connectivity index (χ1) is 13.9. The molecule has 0 unspecified atom stereocenters. The number of benzene rings is 1. The van der Waals surface area contributed by atoms with E-state index in [9.17, 15) is 18.4 Å². The summed E-state index contributed by atoms with van der Waals surface area (Å²) in [5.41, 5.74) is 2.27. The Morgan fingerprint density at radius 3 is 2.59 bits per heavy atom. The van der Waals surface area contributed by atoms with E-state index >= 15 is 0 Å². The zero-order chi connectivity index (χ0) is 20.5. The molecule has 1 aliphatic heterocycles. The molecule has 2 aromatic rings. The molecule has 4 rings (SSSR count). The fourth-order valence-corrected chi connectivity index (χ4v) is 3.68. The van der Waals surface area contributed by atoms with Gasteiger partial charge in [-0.1, -0.05) is 29.8 Å². The summed E-state index contributed by atoms with van der Waals surface area (Å²) < 4.78 is 29.9. The number of amides is 1. The minimum absolute atomic E-state index is 0.0546. The van der Waals surface area contributed by atoms with Crippen molar-refractivity contribution in [3.05, 3.63) is 68.6 Å². The normalized spacial score (nSPS) is 19.5. The highest BCUT2D eigenvalue weighted by molar-refractivity contribution is 6.32. The molecule has 1 saturated heterocycles. The monoisotopic (exact) mass is 420 g/mol. The fraction of sp³-hybridized carbons (Fsp3) is 0.333. The van der Waals surface area contributed by atoms with E-state index < -0.39 is 6.61 Å². The van der Waals surface area contributed by atoms with Crippen molar-refractivity contribution in [3.63, 3.8) is 0 Å². The van der Waals surface area contributed by atoms with Crippen LogP contribution in [0.25, 0.3) is 5.57 Å². The van der Waals surface area contributed by atoms with Crippen LogP contribution >= 0.6 is 11.6 Å². The lowest BCUT2D eigenvalue weighted by Gasteiger charge is -2.15. The highest BCUT2D eigenvalue weighted by Gasteiger charge is 2.27. The molecule has 0 bridgehead atoms. The number of H-pyrrole nitrogens is 1. The Labute approximate surface area is 170 Å². The van der Waals surface area contributed by atoms with E-state index in [1.54, 1.807) is 18.2 Å². The van der Waals surface area contributed by atoms with Crippen LogP contribution < -0.4 is 15.6 Å². The van der Waals surface area contributed by atoms with E-state index in [0.29, 0.717) is 35.6 Å². The maximum Gasteiger partial charge on any atom is 0.387 e. The number of halogens is 3. The largest absolute Gasteiger partial charge is 0.433 e. The predicted molar refractivity (Wildman–Crippen MR) is 105 cm³/mol. The van der Waals surface area contributed by atoms with Crippen molar-refractivity contribution >= 4 is 23.1 Å². The maximum atomic E-state index is 12.7. The first-order valence-electron chi connectivity index (χ1n) is 9.40. The summed E-state index contributed by atoms with van der Waals surface area (Å²) in [7, 11) is 0. The molecule has 29 heavy (non-hydrogen) atoms. The number of alkyl halides is 2. The van der Waals surface area contributed by atoms with E-state index in [4.69, 9.17) is 11.6 Å². The van der Waals surface area contributed by atoms with Crippen LogP contribution in [0.1, 0.15) is 48.4 Å². The van der Waals surface area contributed by atoms with Gasteiger partial charge >= 0.3 is 6.61 Å². The molecule has 2 fully saturated rings. The second-order valence-electron chi connectivity index (χ2n) is 7.25. The van der Waals surface area contributed by atoms with Crippen LogP contribution in [-0.2, 0) is 4.79 Å². The number of carbonyl (C=O) groups is 1. The molecule has 1 amide bonds. The minimum atomic E-state index is -3.01. The molecule has 1 aromatic heterocycles. The van der Waals surface area contributed by atoms with Crippen LogP contribution in [0.2, 0.25) is 5.02 Å². The van der Waals surface area contributed by atoms with Gasteiger partial charge in [-0.3, -0.25) is 9.59 Å². The van der Waals surface area contributed by atoms with Crippen LogP contribution in [0.15, 0.2) is 41.2 Å². The molecule has 152 valence electrons. The SMILES string of the molecule is O=C1CC[C@H](/C=C(/c2ccc(Cl)c(OC(F)F)c2)c2ccc(C3CC3)c(=O)[nH]2)N1. The number of nitrogens with one attached hydrogen (secondary N) is 2. The molecule has 2 aliphatic rings. The Hall–Kier alpha value is -2.67. The fourth-order valence-electron chi connectivity index (χ4n) is 3.52. The van der Waals surface area contributed by atoms with Crippen molar-refractivity contribution in [1.29, 1.82) is 0 Å². The number of aromatic nitrogens is 1. The minimum Gasteiger partial charge on any atom is -0.433 e. The molecule has 1 aliphatic carbocycles. The summed E-state index contributed by atoms with van der Waals surface area (Å²) in [6.07, 6.45) is 4.85. The van der Waals surface area contributed by atoms with Gasteiger partial charge in [-0.15, -0.1) is 0 Å². The van der Waals surface area contributed by atoms with Crippen molar-refractivity contribution < 1.29 is 18.3 Å². The van der Waals surface area contributed by atoms with Gasteiger partial charge in [0.2, 0.25) is 5.91 Å². The van der Waals surface area contributed by atoms with Gasteiger partial charge in [-0.2, -0.15) is 8.78 Å². The molecule has 1 atom stereocenters. The van der Waals surface area contributed by atoms with Gasteiger partial charge in [0.15, 0.2) is 0 Å². The van der Waals surface area contributed by atoms with Gasteiger partial charge in [0.25, 0.3) is 5.56 Å². The smallest absolute Gasteiger partial charge is 0.387 e. The number of carbonyl (C=O) groups excluding carboxylic acids is 1. The lowest BCUT2D eigenvalue weighted by Crippen LogP contribution is -2.23. The quantitative estimate of drug-likeness (QED) is 0.735. The molecule has 8 heteroatoms. The summed E-state index contributed by atoms with van der Waals surface area (Å²) in [6.45, 7) is -3.01. The van der Waals surface area contributed by atoms with E-state index in [-0.39, 0.29) is 28.3 Å². The van der Waals surface area contributed by atoms with Gasteiger partial charge in [-0.05, 0) is 48.9 Å². The Morgan fingerprint density at radius 1 is 1.17 bits per heavy atom. The molecule has 0 spiro atoms. The zero-order valence-corrected chi connectivity index (χ0v) is 16.1. The molecule has 0 radical (unpaired) electrons. The van der Waals surface area contributed by atoms with Crippen LogP contribution in [0.5, 0.6) is 5.75 Å². The average molecular weight is 421 g/mol. The Bertz CT molecular complexity index is 1030. The van der Waals surface area contributed by atoms with Crippen LogP contribution in [0.4, 0.5) is 8.78 Å². The lowest BCUT2D eigenvalue weighted by atomic mass is 9.98. The summed E-state index contributed by atoms with van der Waals surface area (Å²) in [4.78, 5) is 27.0. The predicted octanol–water partition coefficient (Wildman–Crippen LogP) is 4.22. The summed E-state index contributed by atoms with van der Waals surface area (Å²) in [5, 5.41) is 2.91. The Balaban J connectivity index is 1.77. The maximum absolute atomic E-state index is 12.7. The van der Waals surface area contributed by atoms with Crippen molar-refractivity contribution in [2.75, 3.05) is 0 Å². The number of rotatable bonds is 6. The van der Waals surface area contributed by atoms with Gasteiger partial charge in [0.05, 0.1) is 5.02 Å². The summed E-state index contributed by atoms with van der Waals surface area (Å²) >= 11 is 5.98. The Morgan fingerprint density at radius 2 is 1.97 bits per heavy atom. The molecular formula is C21H19ClF2N2O3.